The lowest BCUT2D eigenvalue weighted by Crippen LogP contribution is -2.27. The molecule has 2 aromatic heterocycles. The summed E-state index contributed by atoms with van der Waals surface area (Å²) in [7, 11) is 1.64. The first-order chi connectivity index (χ1) is 14.2. The van der Waals surface area contributed by atoms with Crippen LogP contribution in [0.15, 0.2) is 34.7 Å². The van der Waals surface area contributed by atoms with Crippen LogP contribution in [0, 0.1) is 0 Å². The van der Waals surface area contributed by atoms with Crippen molar-refractivity contribution in [2.45, 2.75) is 32.1 Å². The summed E-state index contributed by atoms with van der Waals surface area (Å²) in [5.74, 6) is -0.238. The third-order valence-corrected chi connectivity index (χ3v) is 6.29. The second kappa shape index (κ2) is 8.80. The van der Waals surface area contributed by atoms with Gasteiger partial charge in [-0.05, 0) is 49.8 Å². The molecule has 0 saturated carbocycles. The van der Waals surface area contributed by atoms with Crippen molar-refractivity contribution < 1.29 is 18.7 Å². The molecule has 0 atom stereocenters. The van der Waals surface area contributed by atoms with Crippen molar-refractivity contribution in [2.75, 3.05) is 25.6 Å². The van der Waals surface area contributed by atoms with Crippen LogP contribution in [0.4, 0.5) is 5.00 Å². The lowest BCUT2D eigenvalue weighted by Gasteiger charge is -2.13. The molecule has 2 heterocycles. The van der Waals surface area contributed by atoms with Crippen LogP contribution >= 0.6 is 11.3 Å². The molecule has 0 radical (unpaired) electrons. The average Bonchev–Trinajstić information content (AvgIpc) is 3.32. The minimum absolute atomic E-state index is 0.139. The molecule has 7 heteroatoms. The number of rotatable bonds is 7. The van der Waals surface area contributed by atoms with Crippen LogP contribution < -0.4 is 10.6 Å². The van der Waals surface area contributed by atoms with E-state index in [0.29, 0.717) is 29.3 Å². The van der Waals surface area contributed by atoms with E-state index < -0.39 is 0 Å². The first kappa shape index (κ1) is 19.7. The predicted octanol–water partition coefficient (Wildman–Crippen LogP) is 4.39. The Kier molecular flexibility index (Phi) is 5.97. The molecule has 1 aliphatic rings. The van der Waals surface area contributed by atoms with E-state index in [2.05, 4.69) is 10.6 Å². The number of hydrogen-bond donors (Lipinski definition) is 2. The summed E-state index contributed by atoms with van der Waals surface area (Å²) in [4.78, 5) is 26.9. The lowest BCUT2D eigenvalue weighted by atomic mass is 9.95. The van der Waals surface area contributed by atoms with Crippen LogP contribution in [0.1, 0.15) is 50.6 Å². The lowest BCUT2D eigenvalue weighted by molar-refractivity contribution is 0.0948. The number of thiophene rings is 1. The van der Waals surface area contributed by atoms with Gasteiger partial charge in [-0.15, -0.1) is 11.3 Å². The van der Waals surface area contributed by atoms with Gasteiger partial charge in [0, 0.05) is 30.5 Å². The van der Waals surface area contributed by atoms with Gasteiger partial charge in [-0.25, -0.2) is 0 Å². The Morgan fingerprint density at radius 1 is 1.17 bits per heavy atom. The molecule has 152 valence electrons. The smallest absolute Gasteiger partial charge is 0.292 e. The Morgan fingerprint density at radius 2 is 2.00 bits per heavy atom. The van der Waals surface area contributed by atoms with Gasteiger partial charge in [-0.2, -0.15) is 0 Å². The zero-order valence-corrected chi connectivity index (χ0v) is 17.2. The summed E-state index contributed by atoms with van der Waals surface area (Å²) in [6.45, 7) is 1.13. The number of fused-ring (bicyclic) bond motifs is 2. The van der Waals surface area contributed by atoms with Crippen molar-refractivity contribution in [3.05, 3.63) is 52.1 Å². The van der Waals surface area contributed by atoms with Gasteiger partial charge in [0.25, 0.3) is 11.8 Å². The van der Waals surface area contributed by atoms with E-state index in [4.69, 9.17) is 9.15 Å². The maximum atomic E-state index is 12.9. The molecule has 0 fully saturated rings. The van der Waals surface area contributed by atoms with Gasteiger partial charge < -0.3 is 19.8 Å². The predicted molar refractivity (Wildman–Crippen MR) is 114 cm³/mol. The minimum Gasteiger partial charge on any atom is -0.451 e. The van der Waals surface area contributed by atoms with Crippen molar-refractivity contribution >= 4 is 39.1 Å². The van der Waals surface area contributed by atoms with Crippen molar-refractivity contribution in [2.24, 2.45) is 0 Å². The SMILES string of the molecule is COCCCNC(=O)c1c(NC(=O)c2cc3ccccc3o2)sc2c1CCCC2. The van der Waals surface area contributed by atoms with Crippen LogP contribution in [-0.2, 0) is 17.6 Å². The molecule has 6 nitrogen and oxygen atoms in total. The number of nitrogens with one attached hydrogen (secondary N) is 2. The van der Waals surface area contributed by atoms with Gasteiger partial charge in [0.05, 0.1) is 5.56 Å². The van der Waals surface area contributed by atoms with Gasteiger partial charge in [0.1, 0.15) is 10.6 Å². The number of para-hydroxylation sites is 1. The fraction of sp³-hybridized carbons (Fsp3) is 0.364. The summed E-state index contributed by atoms with van der Waals surface area (Å²) in [5, 5.41) is 7.36. The van der Waals surface area contributed by atoms with Crippen LogP contribution in [0.25, 0.3) is 11.0 Å². The molecular formula is C22H24N2O4S. The summed E-state index contributed by atoms with van der Waals surface area (Å²) < 4.78 is 10.7. The number of furan rings is 1. The number of hydrogen-bond acceptors (Lipinski definition) is 5. The van der Waals surface area contributed by atoms with Crippen LogP contribution in [0.2, 0.25) is 0 Å². The number of benzene rings is 1. The number of amides is 2. The topological polar surface area (TPSA) is 80.6 Å². The van der Waals surface area contributed by atoms with Crippen LogP contribution in [-0.4, -0.2) is 32.1 Å². The van der Waals surface area contributed by atoms with E-state index in [1.165, 1.54) is 16.2 Å². The van der Waals surface area contributed by atoms with Crippen molar-refractivity contribution in [1.29, 1.82) is 0 Å². The monoisotopic (exact) mass is 412 g/mol. The van der Waals surface area contributed by atoms with Gasteiger partial charge >= 0.3 is 0 Å². The molecule has 0 aliphatic heterocycles. The maximum absolute atomic E-state index is 12.9. The van der Waals surface area contributed by atoms with E-state index >= 15 is 0 Å². The molecule has 4 rings (SSSR count). The van der Waals surface area contributed by atoms with E-state index in [-0.39, 0.29) is 17.6 Å². The molecule has 3 aromatic rings. The number of aryl methyl sites for hydroxylation is 1. The molecule has 0 bridgehead atoms. The molecule has 1 aromatic carbocycles. The number of ether oxygens (including phenoxy) is 1. The van der Waals surface area contributed by atoms with Gasteiger partial charge in [-0.1, -0.05) is 18.2 Å². The molecular weight excluding hydrogens is 388 g/mol. The largest absolute Gasteiger partial charge is 0.451 e. The van der Waals surface area contributed by atoms with Crippen molar-refractivity contribution in [3.63, 3.8) is 0 Å². The Labute approximate surface area is 173 Å². The zero-order chi connectivity index (χ0) is 20.2. The highest BCUT2D eigenvalue weighted by molar-refractivity contribution is 7.17. The van der Waals surface area contributed by atoms with E-state index in [1.54, 1.807) is 13.2 Å². The van der Waals surface area contributed by atoms with Crippen molar-refractivity contribution in [3.8, 4) is 0 Å². The maximum Gasteiger partial charge on any atom is 0.292 e. The highest BCUT2D eigenvalue weighted by Crippen LogP contribution is 2.38. The molecule has 0 saturated heterocycles. The third-order valence-electron chi connectivity index (χ3n) is 5.09. The molecule has 29 heavy (non-hydrogen) atoms. The van der Waals surface area contributed by atoms with E-state index in [9.17, 15) is 9.59 Å². The molecule has 2 N–H and O–H groups in total. The Hall–Kier alpha value is -2.64. The summed E-state index contributed by atoms with van der Waals surface area (Å²) in [5.41, 5.74) is 2.34. The minimum atomic E-state index is -0.340. The first-order valence-corrected chi connectivity index (χ1v) is 10.7. The Bertz CT molecular complexity index is 1000. The standard InChI is InChI=1S/C22H24N2O4S/c1-27-12-6-11-23-21(26)19-15-8-3-5-10-18(15)29-22(19)24-20(25)17-13-14-7-2-4-9-16(14)28-17/h2,4,7,9,13H,3,5-6,8,10-12H2,1H3,(H,23,26)(H,24,25). The fourth-order valence-electron chi connectivity index (χ4n) is 3.66. The first-order valence-electron chi connectivity index (χ1n) is 9.89. The van der Waals surface area contributed by atoms with E-state index in [1.807, 2.05) is 24.3 Å². The molecule has 0 unspecified atom stereocenters. The Morgan fingerprint density at radius 3 is 2.83 bits per heavy atom. The zero-order valence-electron chi connectivity index (χ0n) is 16.4. The summed E-state index contributed by atoms with van der Waals surface area (Å²) in [6.07, 6.45) is 4.73. The summed E-state index contributed by atoms with van der Waals surface area (Å²) in [6, 6.07) is 9.22. The number of carbonyl (C=O) groups excluding carboxylic acids is 2. The number of methoxy groups -OCH3 is 1. The van der Waals surface area contributed by atoms with Gasteiger partial charge in [-0.3, -0.25) is 9.59 Å². The Balaban J connectivity index is 1.58. The number of carbonyl (C=O) groups is 2. The van der Waals surface area contributed by atoms with Crippen LogP contribution in [0.3, 0.4) is 0 Å². The average molecular weight is 413 g/mol. The number of anilines is 1. The van der Waals surface area contributed by atoms with Crippen LogP contribution in [0.5, 0.6) is 0 Å². The van der Waals surface area contributed by atoms with Crippen molar-refractivity contribution in [1.82, 2.24) is 5.32 Å². The highest BCUT2D eigenvalue weighted by atomic mass is 32.1. The molecule has 1 aliphatic carbocycles. The van der Waals surface area contributed by atoms with Gasteiger partial charge in [0.15, 0.2) is 5.76 Å². The third kappa shape index (κ3) is 4.21. The molecule has 0 spiro atoms. The second-order valence-corrected chi connectivity index (χ2v) is 8.23. The fourth-order valence-corrected chi connectivity index (χ4v) is 4.94. The second-order valence-electron chi connectivity index (χ2n) is 7.12. The molecule has 2 amide bonds. The van der Waals surface area contributed by atoms with E-state index in [0.717, 1.165) is 43.1 Å². The summed E-state index contributed by atoms with van der Waals surface area (Å²) >= 11 is 1.50. The van der Waals surface area contributed by atoms with Gasteiger partial charge in [0.2, 0.25) is 0 Å². The normalized spacial score (nSPS) is 13.3. The highest BCUT2D eigenvalue weighted by Gasteiger charge is 2.27. The quantitative estimate of drug-likeness (QED) is 0.564.